The Hall–Kier alpha value is -3.62. The van der Waals surface area contributed by atoms with E-state index in [-0.39, 0.29) is 23.5 Å². The number of rotatable bonds is 7. The molecule has 2 amide bonds. The molecule has 0 bridgehead atoms. The molecule has 1 aromatic carbocycles. The van der Waals surface area contributed by atoms with E-state index in [9.17, 15) is 9.59 Å². The van der Waals surface area contributed by atoms with Crippen LogP contribution in [-0.4, -0.2) is 56.3 Å². The Morgan fingerprint density at radius 1 is 1.00 bits per heavy atom. The number of ether oxygens (including phenoxy) is 2. The summed E-state index contributed by atoms with van der Waals surface area (Å²) >= 11 is 0. The number of imidazole rings is 1. The van der Waals surface area contributed by atoms with Crippen molar-refractivity contribution in [2.75, 3.05) is 18.0 Å². The predicted molar refractivity (Wildman–Crippen MR) is 158 cm³/mol. The summed E-state index contributed by atoms with van der Waals surface area (Å²) < 4.78 is 13.9. The molecular weight excluding hydrogens is 518 g/mol. The summed E-state index contributed by atoms with van der Waals surface area (Å²) in [6, 6.07) is 11.9. The monoisotopic (exact) mass is 561 g/mol. The van der Waals surface area contributed by atoms with Crippen molar-refractivity contribution in [2.45, 2.75) is 97.8 Å². The first-order valence-corrected chi connectivity index (χ1v) is 14.7. The van der Waals surface area contributed by atoms with Gasteiger partial charge in [0, 0.05) is 44.3 Å². The number of piperidine rings is 1. The van der Waals surface area contributed by atoms with E-state index < -0.39 is 5.60 Å². The van der Waals surface area contributed by atoms with Crippen molar-refractivity contribution in [1.29, 1.82) is 0 Å². The lowest BCUT2D eigenvalue weighted by Gasteiger charge is -2.33. The van der Waals surface area contributed by atoms with Crippen LogP contribution in [0.2, 0.25) is 0 Å². The Morgan fingerprint density at radius 3 is 2.29 bits per heavy atom. The maximum Gasteiger partial charge on any atom is 0.410 e. The Balaban J connectivity index is 1.44. The van der Waals surface area contributed by atoms with E-state index in [1.165, 1.54) is 0 Å². The molecule has 2 fully saturated rings. The van der Waals surface area contributed by atoms with Crippen molar-refractivity contribution in [3.63, 3.8) is 0 Å². The van der Waals surface area contributed by atoms with E-state index in [1.54, 1.807) is 4.90 Å². The molecule has 0 radical (unpaired) electrons. The number of aromatic nitrogens is 3. The molecule has 9 heteroatoms. The van der Waals surface area contributed by atoms with E-state index in [4.69, 9.17) is 19.6 Å². The zero-order valence-electron chi connectivity index (χ0n) is 25.2. The second-order valence-corrected chi connectivity index (χ2v) is 13.5. The first-order chi connectivity index (χ1) is 19.4. The molecule has 220 valence electrons. The van der Waals surface area contributed by atoms with E-state index in [0.29, 0.717) is 62.0 Å². The van der Waals surface area contributed by atoms with Gasteiger partial charge in [0.1, 0.15) is 11.7 Å². The van der Waals surface area contributed by atoms with Gasteiger partial charge in [-0.15, -0.1) is 5.10 Å². The summed E-state index contributed by atoms with van der Waals surface area (Å²) in [7, 11) is 0. The SMILES string of the molecule is CC(C)(C)CC(=O)N(Cc1ccccc1)c1cc(OC2CCN(C(=O)OC(C)(C)C)CC2)nn2c(C3CC3)cnc12. The largest absolute Gasteiger partial charge is 0.473 e. The van der Waals surface area contributed by atoms with Gasteiger partial charge in [-0.2, -0.15) is 0 Å². The molecule has 1 aliphatic heterocycles. The number of anilines is 1. The first kappa shape index (κ1) is 28.9. The molecule has 41 heavy (non-hydrogen) atoms. The Labute approximate surface area is 242 Å². The van der Waals surface area contributed by atoms with Gasteiger partial charge in [0.25, 0.3) is 0 Å². The number of carbonyl (C=O) groups is 2. The lowest BCUT2D eigenvalue weighted by atomic mass is 9.91. The molecule has 0 N–H and O–H groups in total. The summed E-state index contributed by atoms with van der Waals surface area (Å²) in [5.41, 5.74) is 2.75. The van der Waals surface area contributed by atoms with Crippen molar-refractivity contribution in [2.24, 2.45) is 5.41 Å². The summed E-state index contributed by atoms with van der Waals surface area (Å²) in [4.78, 5) is 34.7. The van der Waals surface area contributed by atoms with E-state index in [1.807, 2.05) is 72.8 Å². The maximum absolute atomic E-state index is 13.8. The highest BCUT2D eigenvalue weighted by Gasteiger charge is 2.32. The molecule has 0 spiro atoms. The van der Waals surface area contributed by atoms with Crippen LogP contribution >= 0.6 is 0 Å². The highest BCUT2D eigenvalue weighted by molar-refractivity contribution is 5.97. The van der Waals surface area contributed by atoms with Crippen molar-refractivity contribution in [3.8, 4) is 5.88 Å². The molecule has 9 nitrogen and oxygen atoms in total. The van der Waals surface area contributed by atoms with Crippen LogP contribution < -0.4 is 9.64 Å². The lowest BCUT2D eigenvalue weighted by molar-refractivity contribution is -0.120. The average molecular weight is 562 g/mol. The van der Waals surface area contributed by atoms with Crippen molar-refractivity contribution >= 4 is 23.3 Å². The number of benzene rings is 1. The molecule has 1 saturated carbocycles. The lowest BCUT2D eigenvalue weighted by Crippen LogP contribution is -2.44. The van der Waals surface area contributed by atoms with Gasteiger partial charge in [0.05, 0.1) is 24.1 Å². The minimum absolute atomic E-state index is 0.0297. The van der Waals surface area contributed by atoms with Crippen molar-refractivity contribution in [1.82, 2.24) is 19.5 Å². The van der Waals surface area contributed by atoms with Crippen molar-refractivity contribution < 1.29 is 19.1 Å². The molecule has 5 rings (SSSR count). The van der Waals surface area contributed by atoms with Gasteiger partial charge < -0.3 is 19.3 Å². The molecule has 1 saturated heterocycles. The standard InChI is InChI=1S/C32H43N5O4/c1-31(2,3)19-28(38)36(21-22-10-8-7-9-11-22)25-18-27(34-37-26(23-12-13-23)20-33-29(25)37)40-24-14-16-35(17-15-24)30(39)41-32(4,5)6/h7-11,18,20,23-24H,12-17,19,21H2,1-6H3. The van der Waals surface area contributed by atoms with Crippen LogP contribution in [0.15, 0.2) is 42.6 Å². The molecule has 1 aliphatic carbocycles. The highest BCUT2D eigenvalue weighted by atomic mass is 16.6. The quantitative estimate of drug-likeness (QED) is 0.334. The van der Waals surface area contributed by atoms with Crippen LogP contribution in [0.25, 0.3) is 5.65 Å². The van der Waals surface area contributed by atoms with Crippen LogP contribution in [0, 0.1) is 5.41 Å². The first-order valence-electron chi connectivity index (χ1n) is 14.7. The van der Waals surface area contributed by atoms with Gasteiger partial charge in [-0.3, -0.25) is 4.79 Å². The normalized spacial score (nSPS) is 16.6. The topological polar surface area (TPSA) is 89.3 Å². The third kappa shape index (κ3) is 7.37. The highest BCUT2D eigenvalue weighted by Crippen LogP contribution is 2.41. The average Bonchev–Trinajstić information content (AvgIpc) is 3.64. The number of carbonyl (C=O) groups excluding carboxylic acids is 2. The zero-order chi connectivity index (χ0) is 29.4. The van der Waals surface area contributed by atoms with E-state index >= 15 is 0 Å². The summed E-state index contributed by atoms with van der Waals surface area (Å²) in [6.45, 7) is 13.4. The Morgan fingerprint density at radius 2 is 1.68 bits per heavy atom. The summed E-state index contributed by atoms with van der Waals surface area (Å²) in [5.74, 6) is 0.914. The van der Waals surface area contributed by atoms with Crippen LogP contribution in [-0.2, 0) is 16.1 Å². The van der Waals surface area contributed by atoms with Crippen LogP contribution in [0.5, 0.6) is 5.88 Å². The van der Waals surface area contributed by atoms with Crippen LogP contribution in [0.3, 0.4) is 0 Å². The maximum atomic E-state index is 13.8. The molecule has 3 heterocycles. The van der Waals surface area contributed by atoms with Crippen LogP contribution in [0.1, 0.15) is 90.8 Å². The number of likely N-dealkylation sites (tertiary alicyclic amines) is 1. The third-order valence-corrected chi connectivity index (χ3v) is 7.29. The van der Waals surface area contributed by atoms with Gasteiger partial charge in [0.15, 0.2) is 5.65 Å². The fourth-order valence-electron chi connectivity index (χ4n) is 5.14. The smallest absolute Gasteiger partial charge is 0.410 e. The minimum atomic E-state index is -0.528. The van der Waals surface area contributed by atoms with Gasteiger partial charge in [-0.05, 0) is 44.6 Å². The summed E-state index contributed by atoms with van der Waals surface area (Å²) in [6.07, 6.45) is 5.44. The fourth-order valence-corrected chi connectivity index (χ4v) is 5.14. The Kier molecular flexibility index (Phi) is 7.99. The van der Waals surface area contributed by atoms with Gasteiger partial charge in [0.2, 0.25) is 11.8 Å². The number of hydrogen-bond donors (Lipinski definition) is 0. The molecular formula is C32H43N5O4. The number of amides is 2. The number of nitrogens with zero attached hydrogens (tertiary/aromatic N) is 5. The fraction of sp³-hybridized carbons (Fsp3) is 0.562. The van der Waals surface area contributed by atoms with Gasteiger partial charge in [-0.1, -0.05) is 51.1 Å². The molecule has 0 atom stereocenters. The predicted octanol–water partition coefficient (Wildman–Crippen LogP) is 6.35. The zero-order valence-corrected chi connectivity index (χ0v) is 25.2. The van der Waals surface area contributed by atoms with Crippen LogP contribution in [0.4, 0.5) is 10.5 Å². The molecule has 3 aromatic rings. The second-order valence-electron chi connectivity index (χ2n) is 13.5. The van der Waals surface area contributed by atoms with E-state index in [2.05, 4.69) is 20.8 Å². The molecule has 2 aromatic heterocycles. The number of hydrogen-bond acceptors (Lipinski definition) is 6. The Bertz CT molecular complexity index is 1380. The molecule has 0 unspecified atom stereocenters. The third-order valence-electron chi connectivity index (χ3n) is 7.29. The van der Waals surface area contributed by atoms with Gasteiger partial charge in [-0.25, -0.2) is 14.3 Å². The van der Waals surface area contributed by atoms with E-state index in [0.717, 1.165) is 24.1 Å². The van der Waals surface area contributed by atoms with Crippen molar-refractivity contribution in [3.05, 3.63) is 53.9 Å². The summed E-state index contributed by atoms with van der Waals surface area (Å²) in [5, 5.41) is 4.87. The second kappa shape index (κ2) is 11.3. The minimum Gasteiger partial charge on any atom is -0.473 e. The molecule has 2 aliphatic rings. The number of fused-ring (bicyclic) bond motifs is 1. The van der Waals surface area contributed by atoms with Gasteiger partial charge >= 0.3 is 6.09 Å².